The number of hydrogen-bond acceptors (Lipinski definition) is 6. The number of aryl methyl sites for hydroxylation is 2. The van der Waals surface area contributed by atoms with Gasteiger partial charge in [0.1, 0.15) is 5.82 Å². The van der Waals surface area contributed by atoms with Crippen LogP contribution in [-0.4, -0.2) is 50.5 Å². The third-order valence-corrected chi connectivity index (χ3v) is 5.48. The van der Waals surface area contributed by atoms with Crippen LogP contribution in [0, 0.1) is 13.8 Å². The lowest BCUT2D eigenvalue weighted by atomic mass is 10.2. The van der Waals surface area contributed by atoms with Gasteiger partial charge < -0.3 is 14.9 Å². The van der Waals surface area contributed by atoms with Gasteiger partial charge in [0.15, 0.2) is 0 Å². The number of rotatable bonds is 5. The molecule has 1 saturated heterocycles. The zero-order chi connectivity index (χ0) is 19.0. The van der Waals surface area contributed by atoms with E-state index < -0.39 is 5.97 Å². The summed E-state index contributed by atoms with van der Waals surface area (Å²) in [5, 5.41) is 13.4. The number of carboxylic acid groups (broad SMARTS) is 1. The molecule has 0 aromatic carbocycles. The first-order valence-electron chi connectivity index (χ1n) is 9.64. The van der Waals surface area contributed by atoms with Crippen LogP contribution in [-0.2, 0) is 24.3 Å². The molecule has 8 nitrogen and oxygen atoms in total. The molecule has 144 valence electrons. The van der Waals surface area contributed by atoms with E-state index in [-0.39, 0.29) is 6.42 Å². The van der Waals surface area contributed by atoms with Gasteiger partial charge in [0.05, 0.1) is 30.9 Å². The highest BCUT2D eigenvalue weighted by atomic mass is 16.4. The average molecular weight is 370 g/mol. The Morgan fingerprint density at radius 1 is 1.11 bits per heavy atom. The molecule has 0 bridgehead atoms. The summed E-state index contributed by atoms with van der Waals surface area (Å²) in [7, 11) is 0. The summed E-state index contributed by atoms with van der Waals surface area (Å²) < 4.78 is 2.00. The van der Waals surface area contributed by atoms with Crippen LogP contribution < -0.4 is 9.80 Å². The molecule has 0 atom stereocenters. The van der Waals surface area contributed by atoms with E-state index in [9.17, 15) is 4.79 Å². The molecule has 4 heterocycles. The molecule has 1 N–H and O–H groups in total. The minimum Gasteiger partial charge on any atom is -0.481 e. The van der Waals surface area contributed by atoms with Gasteiger partial charge in [-0.1, -0.05) is 0 Å². The van der Waals surface area contributed by atoms with E-state index in [0.717, 1.165) is 67.1 Å². The number of carboxylic acids is 1. The highest BCUT2D eigenvalue weighted by Crippen LogP contribution is 2.28. The first-order valence-corrected chi connectivity index (χ1v) is 9.64. The van der Waals surface area contributed by atoms with Gasteiger partial charge in [-0.2, -0.15) is 10.1 Å². The van der Waals surface area contributed by atoms with E-state index in [2.05, 4.69) is 28.7 Å². The highest BCUT2D eigenvalue weighted by molar-refractivity contribution is 5.67. The van der Waals surface area contributed by atoms with E-state index in [1.165, 1.54) is 12.8 Å². The molecule has 2 aliphatic heterocycles. The molecule has 0 spiro atoms. The van der Waals surface area contributed by atoms with Gasteiger partial charge in [-0.15, -0.1) is 0 Å². The van der Waals surface area contributed by atoms with Crippen molar-refractivity contribution in [3.8, 4) is 0 Å². The molecule has 0 unspecified atom stereocenters. The van der Waals surface area contributed by atoms with Crippen molar-refractivity contribution in [1.29, 1.82) is 0 Å². The van der Waals surface area contributed by atoms with Crippen molar-refractivity contribution in [2.75, 3.05) is 29.4 Å². The Hall–Kier alpha value is -2.64. The monoisotopic (exact) mass is 370 g/mol. The molecule has 0 aliphatic carbocycles. The summed E-state index contributed by atoms with van der Waals surface area (Å²) in [6.07, 6.45) is 2.99. The fraction of sp³-hybridized carbons (Fsp3) is 0.579. The average Bonchev–Trinajstić information content (AvgIpc) is 3.30. The Bertz CT molecular complexity index is 856. The van der Waals surface area contributed by atoms with Crippen LogP contribution in [0.1, 0.15) is 41.9 Å². The first-order chi connectivity index (χ1) is 13.0. The first kappa shape index (κ1) is 17.8. The number of carbonyl (C=O) groups is 1. The second-order valence-electron chi connectivity index (χ2n) is 7.42. The van der Waals surface area contributed by atoms with Crippen LogP contribution in [0.5, 0.6) is 0 Å². The summed E-state index contributed by atoms with van der Waals surface area (Å²) in [6, 6.07) is 2.03. The lowest BCUT2D eigenvalue weighted by molar-refractivity contribution is -0.136. The molecule has 2 aromatic heterocycles. The molecule has 0 radical (unpaired) electrons. The Balaban J connectivity index is 1.57. The van der Waals surface area contributed by atoms with Crippen LogP contribution in [0.4, 0.5) is 11.8 Å². The van der Waals surface area contributed by atoms with Crippen molar-refractivity contribution in [3.05, 3.63) is 28.7 Å². The van der Waals surface area contributed by atoms with Crippen LogP contribution in [0.3, 0.4) is 0 Å². The molecule has 2 aromatic rings. The van der Waals surface area contributed by atoms with Crippen molar-refractivity contribution >= 4 is 17.7 Å². The summed E-state index contributed by atoms with van der Waals surface area (Å²) in [4.78, 5) is 25.0. The Morgan fingerprint density at radius 2 is 1.89 bits per heavy atom. The maximum absolute atomic E-state index is 10.8. The number of fused-ring (bicyclic) bond motifs is 1. The second-order valence-corrected chi connectivity index (χ2v) is 7.42. The predicted octanol–water partition coefficient (Wildman–Crippen LogP) is 1.93. The third kappa shape index (κ3) is 3.61. The van der Waals surface area contributed by atoms with Crippen LogP contribution >= 0.6 is 0 Å². The smallest absolute Gasteiger partial charge is 0.303 e. The lowest BCUT2D eigenvalue weighted by Gasteiger charge is -2.31. The maximum Gasteiger partial charge on any atom is 0.303 e. The quantitative estimate of drug-likeness (QED) is 0.860. The fourth-order valence-electron chi connectivity index (χ4n) is 3.83. The van der Waals surface area contributed by atoms with E-state index in [4.69, 9.17) is 15.1 Å². The number of aromatic nitrogens is 4. The summed E-state index contributed by atoms with van der Waals surface area (Å²) in [5.74, 6) is 1.06. The van der Waals surface area contributed by atoms with Crippen LogP contribution in [0.25, 0.3) is 0 Å². The normalized spacial score (nSPS) is 16.7. The number of anilines is 2. The van der Waals surface area contributed by atoms with E-state index >= 15 is 0 Å². The van der Waals surface area contributed by atoms with Gasteiger partial charge in [0.25, 0.3) is 0 Å². The molecule has 8 heteroatoms. The largest absolute Gasteiger partial charge is 0.481 e. The topological polar surface area (TPSA) is 87.4 Å². The van der Waals surface area contributed by atoms with Crippen molar-refractivity contribution in [2.24, 2.45) is 0 Å². The van der Waals surface area contributed by atoms with Gasteiger partial charge in [0, 0.05) is 37.3 Å². The predicted molar refractivity (Wildman–Crippen MR) is 102 cm³/mol. The van der Waals surface area contributed by atoms with Gasteiger partial charge in [0.2, 0.25) is 5.95 Å². The Labute approximate surface area is 158 Å². The number of nitrogens with zero attached hydrogens (tertiary/aromatic N) is 6. The SMILES string of the molecule is Cc1nc(N2CCCC2)nc(N2CCn3nc(CCC(=O)O)cc3C2)c1C. The van der Waals surface area contributed by atoms with Crippen molar-refractivity contribution in [3.63, 3.8) is 0 Å². The zero-order valence-electron chi connectivity index (χ0n) is 16.0. The highest BCUT2D eigenvalue weighted by Gasteiger charge is 2.24. The molecule has 0 saturated carbocycles. The second kappa shape index (κ2) is 7.17. The zero-order valence-corrected chi connectivity index (χ0v) is 16.0. The molecule has 4 rings (SSSR count). The summed E-state index contributed by atoms with van der Waals surface area (Å²) in [6.45, 7) is 8.55. The van der Waals surface area contributed by atoms with Crippen molar-refractivity contribution in [2.45, 2.75) is 52.6 Å². The van der Waals surface area contributed by atoms with E-state index in [1.54, 1.807) is 0 Å². The van der Waals surface area contributed by atoms with E-state index in [0.29, 0.717) is 6.42 Å². The third-order valence-electron chi connectivity index (χ3n) is 5.48. The molecule has 1 fully saturated rings. The molecule has 27 heavy (non-hydrogen) atoms. The molecular weight excluding hydrogens is 344 g/mol. The van der Waals surface area contributed by atoms with Gasteiger partial charge in [-0.25, -0.2) is 4.98 Å². The molecule has 2 aliphatic rings. The van der Waals surface area contributed by atoms with Crippen LogP contribution in [0.15, 0.2) is 6.07 Å². The summed E-state index contributed by atoms with van der Waals surface area (Å²) in [5.41, 5.74) is 4.11. The lowest BCUT2D eigenvalue weighted by Crippen LogP contribution is -2.35. The van der Waals surface area contributed by atoms with Gasteiger partial charge in [-0.3, -0.25) is 9.48 Å². The van der Waals surface area contributed by atoms with Gasteiger partial charge in [-0.05, 0) is 32.8 Å². The maximum atomic E-state index is 10.8. The summed E-state index contributed by atoms with van der Waals surface area (Å²) >= 11 is 0. The number of aliphatic carboxylic acids is 1. The number of hydrogen-bond donors (Lipinski definition) is 1. The minimum absolute atomic E-state index is 0.115. The Kier molecular flexibility index (Phi) is 4.72. The van der Waals surface area contributed by atoms with Gasteiger partial charge >= 0.3 is 5.97 Å². The standard InChI is InChI=1S/C19H26N6O2/c1-13-14(2)20-19(23-7-3-4-8-23)21-18(13)24-9-10-25-16(12-24)11-15(22-25)5-6-17(26)27/h11H,3-10,12H2,1-2H3,(H,26,27). The Morgan fingerprint density at radius 3 is 2.63 bits per heavy atom. The van der Waals surface area contributed by atoms with Crippen molar-refractivity contribution < 1.29 is 9.90 Å². The van der Waals surface area contributed by atoms with E-state index in [1.807, 2.05) is 10.7 Å². The fourth-order valence-corrected chi connectivity index (χ4v) is 3.83. The molecular formula is C19H26N6O2. The molecule has 0 amide bonds. The van der Waals surface area contributed by atoms with Crippen molar-refractivity contribution in [1.82, 2.24) is 19.7 Å². The minimum atomic E-state index is -0.788. The van der Waals surface area contributed by atoms with Crippen LogP contribution in [0.2, 0.25) is 0 Å².